The SMILES string of the molecule is O=C(c1ccn[nH]1)N(Cc1cccnc1)CC1CCCN(C2CCCCC2)C1. The zero-order valence-electron chi connectivity index (χ0n) is 16.6. The number of carbonyl (C=O) groups is 1. The monoisotopic (exact) mass is 381 g/mol. The molecule has 1 unspecified atom stereocenters. The number of hydrogen-bond acceptors (Lipinski definition) is 4. The van der Waals surface area contributed by atoms with Gasteiger partial charge in [0.1, 0.15) is 5.69 Å². The van der Waals surface area contributed by atoms with E-state index in [1.54, 1.807) is 18.5 Å². The first-order valence-corrected chi connectivity index (χ1v) is 10.7. The quantitative estimate of drug-likeness (QED) is 0.832. The van der Waals surface area contributed by atoms with Crippen LogP contribution in [-0.2, 0) is 6.54 Å². The summed E-state index contributed by atoms with van der Waals surface area (Å²) in [5.74, 6) is 0.551. The zero-order chi connectivity index (χ0) is 19.2. The van der Waals surface area contributed by atoms with E-state index in [-0.39, 0.29) is 5.91 Å². The molecule has 4 rings (SSSR count). The summed E-state index contributed by atoms with van der Waals surface area (Å²) in [7, 11) is 0. The maximum Gasteiger partial charge on any atom is 0.272 e. The van der Waals surface area contributed by atoms with E-state index >= 15 is 0 Å². The molecule has 1 amide bonds. The Morgan fingerprint density at radius 1 is 1.14 bits per heavy atom. The Morgan fingerprint density at radius 3 is 2.79 bits per heavy atom. The molecule has 0 spiro atoms. The minimum absolute atomic E-state index is 0.0242. The summed E-state index contributed by atoms with van der Waals surface area (Å²) in [4.78, 5) is 22.0. The van der Waals surface area contributed by atoms with Gasteiger partial charge in [-0.3, -0.25) is 14.9 Å². The third-order valence-electron chi connectivity index (χ3n) is 6.23. The van der Waals surface area contributed by atoms with Crippen LogP contribution >= 0.6 is 0 Å². The van der Waals surface area contributed by atoms with Gasteiger partial charge in [0.25, 0.3) is 5.91 Å². The number of hydrogen-bond donors (Lipinski definition) is 1. The van der Waals surface area contributed by atoms with Gasteiger partial charge in [0.2, 0.25) is 0 Å². The molecular weight excluding hydrogens is 350 g/mol. The van der Waals surface area contributed by atoms with Gasteiger partial charge in [0, 0.05) is 44.3 Å². The zero-order valence-corrected chi connectivity index (χ0v) is 16.6. The van der Waals surface area contributed by atoms with E-state index < -0.39 is 0 Å². The number of amides is 1. The van der Waals surface area contributed by atoms with E-state index in [1.165, 1.54) is 51.5 Å². The van der Waals surface area contributed by atoms with E-state index in [0.717, 1.165) is 24.7 Å². The van der Waals surface area contributed by atoms with Crippen LogP contribution in [0.3, 0.4) is 0 Å². The lowest BCUT2D eigenvalue weighted by molar-refractivity contribution is 0.0579. The second kappa shape index (κ2) is 9.32. The van der Waals surface area contributed by atoms with Crippen LogP contribution in [-0.4, -0.2) is 56.6 Å². The van der Waals surface area contributed by atoms with Crippen molar-refractivity contribution in [2.75, 3.05) is 19.6 Å². The summed E-state index contributed by atoms with van der Waals surface area (Å²) in [6.07, 6.45) is 14.5. The van der Waals surface area contributed by atoms with Crippen LogP contribution in [0.2, 0.25) is 0 Å². The summed E-state index contributed by atoms with van der Waals surface area (Å²) in [5.41, 5.74) is 1.62. The number of pyridine rings is 1. The molecule has 0 aromatic carbocycles. The number of nitrogens with zero attached hydrogens (tertiary/aromatic N) is 4. The van der Waals surface area contributed by atoms with Crippen LogP contribution in [0.15, 0.2) is 36.8 Å². The van der Waals surface area contributed by atoms with Crippen molar-refractivity contribution in [3.8, 4) is 0 Å². The van der Waals surface area contributed by atoms with Crippen molar-refractivity contribution in [2.24, 2.45) is 5.92 Å². The Bertz CT molecular complexity index is 727. The fraction of sp³-hybridized carbons (Fsp3) is 0.591. The third-order valence-corrected chi connectivity index (χ3v) is 6.23. The van der Waals surface area contributed by atoms with Crippen LogP contribution in [0.5, 0.6) is 0 Å². The van der Waals surface area contributed by atoms with Crippen LogP contribution in [0.1, 0.15) is 61.0 Å². The van der Waals surface area contributed by atoms with E-state index in [9.17, 15) is 4.79 Å². The average molecular weight is 382 g/mol. The summed E-state index contributed by atoms with van der Waals surface area (Å²) in [6.45, 7) is 3.71. The molecule has 1 N–H and O–H groups in total. The average Bonchev–Trinajstić information content (AvgIpc) is 3.29. The molecule has 0 bridgehead atoms. The first-order chi connectivity index (χ1) is 13.8. The molecule has 2 fully saturated rings. The van der Waals surface area contributed by atoms with Gasteiger partial charge in [0.05, 0.1) is 0 Å². The fourth-order valence-corrected chi connectivity index (χ4v) is 4.81. The van der Waals surface area contributed by atoms with E-state index in [2.05, 4.69) is 20.1 Å². The lowest BCUT2D eigenvalue weighted by atomic mass is 9.90. The summed E-state index contributed by atoms with van der Waals surface area (Å²) < 4.78 is 0. The molecule has 2 aliphatic rings. The van der Waals surface area contributed by atoms with Gasteiger partial charge >= 0.3 is 0 Å². The fourth-order valence-electron chi connectivity index (χ4n) is 4.81. The first-order valence-electron chi connectivity index (χ1n) is 10.7. The second-order valence-electron chi connectivity index (χ2n) is 8.31. The van der Waals surface area contributed by atoms with Crippen molar-refractivity contribution in [2.45, 2.75) is 57.5 Å². The Morgan fingerprint density at radius 2 is 2.04 bits per heavy atom. The van der Waals surface area contributed by atoms with Crippen molar-refractivity contribution in [3.63, 3.8) is 0 Å². The van der Waals surface area contributed by atoms with Crippen LogP contribution < -0.4 is 0 Å². The maximum absolute atomic E-state index is 13.1. The number of H-pyrrole nitrogens is 1. The predicted molar refractivity (Wildman–Crippen MR) is 109 cm³/mol. The summed E-state index contributed by atoms with van der Waals surface area (Å²) in [6, 6.07) is 6.48. The molecule has 1 atom stereocenters. The molecule has 2 aromatic rings. The smallest absolute Gasteiger partial charge is 0.272 e. The third kappa shape index (κ3) is 4.79. The molecule has 3 heterocycles. The largest absolute Gasteiger partial charge is 0.333 e. The highest BCUT2D eigenvalue weighted by molar-refractivity contribution is 5.92. The Balaban J connectivity index is 1.44. The number of likely N-dealkylation sites (tertiary alicyclic amines) is 1. The predicted octanol–water partition coefficient (Wildman–Crippen LogP) is 3.49. The first kappa shape index (κ1) is 19.1. The Labute approximate surface area is 167 Å². The molecule has 2 aromatic heterocycles. The van der Waals surface area contributed by atoms with Gasteiger partial charge in [-0.25, -0.2) is 0 Å². The van der Waals surface area contributed by atoms with Gasteiger partial charge in [-0.1, -0.05) is 25.3 Å². The Kier molecular flexibility index (Phi) is 6.37. The standard InChI is InChI=1S/C22H31N5O/c28-22(21-10-12-24-25-21)27(15-18-6-4-11-23-14-18)17-19-7-5-13-26(16-19)20-8-2-1-3-9-20/h4,6,10-12,14,19-20H,1-3,5,7-9,13,15-17H2,(H,24,25). The number of carbonyl (C=O) groups excluding carboxylic acids is 1. The molecule has 6 nitrogen and oxygen atoms in total. The van der Waals surface area contributed by atoms with Crippen molar-refractivity contribution < 1.29 is 4.79 Å². The van der Waals surface area contributed by atoms with Gasteiger partial charge in [-0.2, -0.15) is 5.10 Å². The molecule has 1 aliphatic heterocycles. The lowest BCUT2D eigenvalue weighted by Gasteiger charge is -2.41. The summed E-state index contributed by atoms with van der Waals surface area (Å²) in [5, 5.41) is 6.79. The van der Waals surface area contributed by atoms with Crippen molar-refractivity contribution in [3.05, 3.63) is 48.0 Å². The topological polar surface area (TPSA) is 65.1 Å². The number of aromatic amines is 1. The molecule has 6 heteroatoms. The molecule has 1 saturated heterocycles. The number of nitrogens with one attached hydrogen (secondary N) is 1. The van der Waals surface area contributed by atoms with Crippen molar-refractivity contribution in [1.29, 1.82) is 0 Å². The number of rotatable bonds is 6. The normalized spacial score (nSPS) is 21.5. The highest BCUT2D eigenvalue weighted by Crippen LogP contribution is 2.28. The maximum atomic E-state index is 13.1. The van der Waals surface area contributed by atoms with Crippen LogP contribution in [0, 0.1) is 5.92 Å². The highest BCUT2D eigenvalue weighted by Gasteiger charge is 2.29. The van der Waals surface area contributed by atoms with Crippen molar-refractivity contribution in [1.82, 2.24) is 25.0 Å². The van der Waals surface area contributed by atoms with E-state index in [0.29, 0.717) is 18.2 Å². The molecule has 1 saturated carbocycles. The van der Waals surface area contributed by atoms with E-state index in [1.807, 2.05) is 23.2 Å². The van der Waals surface area contributed by atoms with Gasteiger partial charge < -0.3 is 9.80 Å². The summed E-state index contributed by atoms with van der Waals surface area (Å²) >= 11 is 0. The molecular formula is C22H31N5O. The number of aromatic nitrogens is 3. The second-order valence-corrected chi connectivity index (χ2v) is 8.31. The van der Waals surface area contributed by atoms with Gasteiger partial charge in [-0.15, -0.1) is 0 Å². The Hall–Kier alpha value is -2.21. The van der Waals surface area contributed by atoms with Crippen LogP contribution in [0.25, 0.3) is 0 Å². The highest BCUT2D eigenvalue weighted by atomic mass is 16.2. The van der Waals surface area contributed by atoms with E-state index in [4.69, 9.17) is 0 Å². The van der Waals surface area contributed by atoms with Crippen molar-refractivity contribution >= 4 is 5.91 Å². The molecule has 1 aliphatic carbocycles. The van der Waals surface area contributed by atoms with Gasteiger partial charge in [0.15, 0.2) is 0 Å². The molecule has 150 valence electrons. The molecule has 28 heavy (non-hydrogen) atoms. The molecule has 0 radical (unpaired) electrons. The lowest BCUT2D eigenvalue weighted by Crippen LogP contribution is -2.47. The number of piperidine rings is 1. The van der Waals surface area contributed by atoms with Gasteiger partial charge in [-0.05, 0) is 55.8 Å². The van der Waals surface area contributed by atoms with Crippen LogP contribution in [0.4, 0.5) is 0 Å². The minimum Gasteiger partial charge on any atom is -0.333 e. The minimum atomic E-state index is 0.0242.